The molecule has 0 amide bonds. The minimum Gasteiger partial charge on any atom is -0.495 e. The van der Waals surface area contributed by atoms with Crippen molar-refractivity contribution in [1.29, 1.82) is 0 Å². The Balaban J connectivity index is 2.49. The minimum absolute atomic E-state index is 0.186. The molecular formula is C15H23N3O3. The van der Waals surface area contributed by atoms with Gasteiger partial charge in [0.15, 0.2) is 5.96 Å². The molecule has 3 N–H and O–H groups in total. The molecule has 0 aromatic heterocycles. The lowest BCUT2D eigenvalue weighted by Gasteiger charge is -2.19. The minimum atomic E-state index is -0.484. The first-order valence-electron chi connectivity index (χ1n) is 6.73. The van der Waals surface area contributed by atoms with Gasteiger partial charge in [0, 0.05) is 0 Å². The Labute approximate surface area is 125 Å². The number of carbonyl (C=O) groups excluding carboxylic acids is 1. The first-order chi connectivity index (χ1) is 9.81. The Morgan fingerprint density at radius 2 is 2.00 bits per heavy atom. The van der Waals surface area contributed by atoms with Crippen molar-refractivity contribution in [2.75, 3.05) is 19.0 Å². The number of nitrogens with zero attached hydrogens (tertiary/aromatic N) is 1. The number of benzene rings is 1. The standard InChI is InChI=1S/C15H23N3O3/c1-15(2,3)21-13(19)9-10-17-14(16)18-11-7-5-6-8-12(11)20-4/h5-8H,9-10H2,1-4H3,(H3,16,17,18). The molecule has 0 heterocycles. The summed E-state index contributed by atoms with van der Waals surface area (Å²) in [4.78, 5) is 15.6. The summed E-state index contributed by atoms with van der Waals surface area (Å²) in [7, 11) is 1.58. The van der Waals surface area contributed by atoms with E-state index in [0.29, 0.717) is 5.75 Å². The number of anilines is 1. The van der Waals surface area contributed by atoms with Gasteiger partial charge in [0.25, 0.3) is 0 Å². The zero-order valence-electron chi connectivity index (χ0n) is 13.0. The number of ether oxygens (including phenoxy) is 2. The molecule has 1 rings (SSSR count). The van der Waals surface area contributed by atoms with Gasteiger partial charge in [0.05, 0.1) is 25.8 Å². The Kier molecular flexibility index (Phi) is 6.02. The molecule has 0 spiro atoms. The van der Waals surface area contributed by atoms with Crippen molar-refractivity contribution in [3.8, 4) is 5.75 Å². The van der Waals surface area contributed by atoms with Crippen LogP contribution in [0, 0.1) is 0 Å². The highest BCUT2D eigenvalue weighted by atomic mass is 16.6. The van der Waals surface area contributed by atoms with E-state index >= 15 is 0 Å². The van der Waals surface area contributed by atoms with Gasteiger partial charge in [-0.2, -0.15) is 0 Å². The van der Waals surface area contributed by atoms with Crippen LogP contribution in [0.2, 0.25) is 0 Å². The molecule has 0 bridgehead atoms. The molecule has 0 saturated heterocycles. The van der Waals surface area contributed by atoms with Crippen molar-refractivity contribution >= 4 is 17.6 Å². The van der Waals surface area contributed by atoms with Crippen LogP contribution >= 0.6 is 0 Å². The maximum absolute atomic E-state index is 11.5. The molecule has 0 fully saturated rings. The summed E-state index contributed by atoms with van der Waals surface area (Å²) in [5.74, 6) is 0.599. The van der Waals surface area contributed by atoms with Crippen LogP contribution in [0.15, 0.2) is 29.3 Å². The van der Waals surface area contributed by atoms with Gasteiger partial charge < -0.3 is 20.5 Å². The van der Waals surface area contributed by atoms with Gasteiger partial charge in [0.1, 0.15) is 11.4 Å². The number of hydrogen-bond donors (Lipinski definition) is 2. The molecule has 21 heavy (non-hydrogen) atoms. The summed E-state index contributed by atoms with van der Waals surface area (Å²) in [5.41, 5.74) is 6.01. The first-order valence-corrected chi connectivity index (χ1v) is 6.73. The van der Waals surface area contributed by atoms with E-state index in [1.807, 2.05) is 45.0 Å². The van der Waals surface area contributed by atoms with Crippen LogP contribution in [0.3, 0.4) is 0 Å². The normalized spacial score (nSPS) is 11.9. The molecule has 0 unspecified atom stereocenters. The fourth-order valence-corrected chi connectivity index (χ4v) is 1.59. The van der Waals surface area contributed by atoms with E-state index in [1.165, 1.54) is 0 Å². The van der Waals surface area contributed by atoms with Crippen molar-refractivity contribution in [3.05, 3.63) is 24.3 Å². The number of nitrogens with two attached hydrogens (primary N) is 1. The Morgan fingerprint density at radius 3 is 2.62 bits per heavy atom. The summed E-state index contributed by atoms with van der Waals surface area (Å²) < 4.78 is 10.4. The molecule has 1 aromatic carbocycles. The largest absolute Gasteiger partial charge is 0.495 e. The molecule has 1 aromatic rings. The van der Waals surface area contributed by atoms with Crippen LogP contribution < -0.4 is 15.8 Å². The fourth-order valence-electron chi connectivity index (χ4n) is 1.59. The lowest BCUT2D eigenvalue weighted by molar-refractivity contribution is -0.154. The third kappa shape index (κ3) is 6.65. The molecule has 0 aliphatic carbocycles. The van der Waals surface area contributed by atoms with Gasteiger partial charge in [-0.1, -0.05) is 12.1 Å². The molecule has 0 aliphatic heterocycles. The number of aliphatic imine (C=N–C) groups is 1. The molecule has 0 atom stereocenters. The Bertz CT molecular complexity index is 507. The smallest absolute Gasteiger partial charge is 0.308 e. The first kappa shape index (κ1) is 16.8. The maximum atomic E-state index is 11.5. The second kappa shape index (κ2) is 7.52. The molecule has 0 radical (unpaired) electrons. The number of carbonyl (C=O) groups is 1. The average molecular weight is 293 g/mol. The van der Waals surface area contributed by atoms with E-state index in [0.717, 1.165) is 5.69 Å². The van der Waals surface area contributed by atoms with Crippen LogP contribution in [-0.2, 0) is 9.53 Å². The van der Waals surface area contributed by atoms with E-state index in [-0.39, 0.29) is 24.9 Å². The Morgan fingerprint density at radius 1 is 1.33 bits per heavy atom. The van der Waals surface area contributed by atoms with Gasteiger partial charge in [-0.25, -0.2) is 0 Å². The van der Waals surface area contributed by atoms with Gasteiger partial charge in [-0.05, 0) is 32.9 Å². The van der Waals surface area contributed by atoms with Crippen molar-refractivity contribution in [1.82, 2.24) is 0 Å². The van der Waals surface area contributed by atoms with Gasteiger partial charge in [0.2, 0.25) is 0 Å². The highest BCUT2D eigenvalue weighted by Crippen LogP contribution is 2.22. The van der Waals surface area contributed by atoms with Gasteiger partial charge >= 0.3 is 5.97 Å². The van der Waals surface area contributed by atoms with Crippen molar-refractivity contribution in [3.63, 3.8) is 0 Å². The highest BCUT2D eigenvalue weighted by molar-refractivity contribution is 5.93. The number of hydrogen-bond acceptors (Lipinski definition) is 4. The number of guanidine groups is 1. The Hall–Kier alpha value is -2.24. The van der Waals surface area contributed by atoms with Crippen molar-refractivity contribution in [2.45, 2.75) is 32.8 Å². The summed E-state index contributed by atoms with van der Waals surface area (Å²) in [6.07, 6.45) is 0.186. The quantitative estimate of drug-likeness (QED) is 0.493. The monoisotopic (exact) mass is 293 g/mol. The lowest BCUT2D eigenvalue weighted by Crippen LogP contribution is -2.25. The van der Waals surface area contributed by atoms with E-state index in [2.05, 4.69) is 10.3 Å². The van der Waals surface area contributed by atoms with Crippen LogP contribution in [0.25, 0.3) is 0 Å². The summed E-state index contributed by atoms with van der Waals surface area (Å²) >= 11 is 0. The summed E-state index contributed by atoms with van der Waals surface area (Å²) in [5, 5.41) is 2.93. The fraction of sp³-hybridized carbons (Fsp3) is 0.467. The molecule has 116 valence electrons. The zero-order valence-corrected chi connectivity index (χ0v) is 13.0. The number of methoxy groups -OCH3 is 1. The van der Waals surface area contributed by atoms with Gasteiger partial charge in [-0.15, -0.1) is 0 Å². The van der Waals surface area contributed by atoms with E-state index in [1.54, 1.807) is 7.11 Å². The van der Waals surface area contributed by atoms with Crippen LogP contribution in [0.4, 0.5) is 5.69 Å². The molecule has 6 nitrogen and oxygen atoms in total. The number of esters is 1. The molecular weight excluding hydrogens is 270 g/mol. The number of para-hydroxylation sites is 2. The van der Waals surface area contributed by atoms with Crippen LogP contribution in [0.5, 0.6) is 5.75 Å². The lowest BCUT2D eigenvalue weighted by atomic mass is 10.2. The predicted molar refractivity (Wildman–Crippen MR) is 83.6 cm³/mol. The number of nitrogens with one attached hydrogen (secondary N) is 1. The van der Waals surface area contributed by atoms with Gasteiger partial charge in [-0.3, -0.25) is 9.79 Å². The predicted octanol–water partition coefficient (Wildman–Crippen LogP) is 2.15. The topological polar surface area (TPSA) is 85.9 Å². The molecule has 0 aliphatic rings. The average Bonchev–Trinajstić information content (AvgIpc) is 2.37. The maximum Gasteiger partial charge on any atom is 0.308 e. The van der Waals surface area contributed by atoms with E-state index in [4.69, 9.17) is 15.2 Å². The highest BCUT2D eigenvalue weighted by Gasteiger charge is 2.15. The van der Waals surface area contributed by atoms with Crippen LogP contribution in [-0.4, -0.2) is 31.2 Å². The third-order valence-corrected chi connectivity index (χ3v) is 2.39. The summed E-state index contributed by atoms with van der Waals surface area (Å²) in [6, 6.07) is 7.37. The van der Waals surface area contributed by atoms with Crippen molar-refractivity contribution < 1.29 is 14.3 Å². The van der Waals surface area contributed by atoms with Crippen LogP contribution in [0.1, 0.15) is 27.2 Å². The molecule has 0 saturated carbocycles. The molecule has 6 heteroatoms. The third-order valence-electron chi connectivity index (χ3n) is 2.39. The zero-order chi connectivity index (χ0) is 15.9. The van der Waals surface area contributed by atoms with E-state index < -0.39 is 5.60 Å². The van der Waals surface area contributed by atoms with E-state index in [9.17, 15) is 4.79 Å². The second-order valence-electron chi connectivity index (χ2n) is 5.43. The number of rotatable bonds is 5. The van der Waals surface area contributed by atoms with Crippen molar-refractivity contribution in [2.24, 2.45) is 10.7 Å². The second-order valence-corrected chi connectivity index (χ2v) is 5.43. The summed E-state index contributed by atoms with van der Waals surface area (Å²) in [6.45, 7) is 5.74. The SMILES string of the molecule is COc1ccccc1NC(N)=NCCC(=O)OC(C)(C)C.